The van der Waals surface area contributed by atoms with Crippen molar-refractivity contribution < 1.29 is 142 Å². The van der Waals surface area contributed by atoms with E-state index in [2.05, 4.69) is 0 Å². The molecule has 29 heteroatoms. The Bertz CT molecular complexity index is 2670. The SMILES string of the molecule is COc1cc(/C=C/C(=O)O[C@H]2[C@H](O[C@@H]3O[C@H](COC(C)=O)[C@@H](O)[C@H](O)[C@H]3O)[C@@H](O[C@@H]3O[C@H](CO)[C@@H](O)[C@H](O)[C@H]3O)[C@@H](O[C@]3(COC(=O)/C=C/c4ccc(O)c(O)c4)O[C@H](CO)[C@@H](O)[C@@H]3OC(=O)c3ccccc3)O[C@@H]2CO)ccc1O. The zero-order valence-corrected chi connectivity index (χ0v) is 42.9. The largest absolute Gasteiger partial charge is 0.504 e. The van der Waals surface area contributed by atoms with Crippen LogP contribution in [0.3, 0.4) is 0 Å². The van der Waals surface area contributed by atoms with Gasteiger partial charge < -0.3 is 123 Å². The highest BCUT2D eigenvalue weighted by atomic mass is 16.8. The number of phenols is 3. The lowest BCUT2D eigenvalue weighted by atomic mass is 9.95. The van der Waals surface area contributed by atoms with Gasteiger partial charge in [-0.05, 0) is 59.7 Å². The summed E-state index contributed by atoms with van der Waals surface area (Å²) in [6.07, 6.45) is -33.8. The minimum absolute atomic E-state index is 0.00459. The number of aliphatic hydroxyl groups is 10. The molecule has 444 valence electrons. The van der Waals surface area contributed by atoms with Crippen LogP contribution in [0.5, 0.6) is 23.0 Å². The fraction of sp³-hybridized carbons (Fsp3) is 0.500. The van der Waals surface area contributed by atoms with E-state index in [1.54, 1.807) is 6.07 Å². The maximum absolute atomic E-state index is 14.0. The van der Waals surface area contributed by atoms with Crippen LogP contribution in [0.1, 0.15) is 28.4 Å². The Balaban J connectivity index is 1.36. The van der Waals surface area contributed by atoms with E-state index in [4.69, 9.17) is 56.8 Å². The molecular formula is C52H62O29. The second-order valence-electron chi connectivity index (χ2n) is 18.7. The zero-order valence-electron chi connectivity index (χ0n) is 42.9. The molecule has 4 aliphatic rings. The molecule has 0 unspecified atom stereocenters. The van der Waals surface area contributed by atoms with Crippen molar-refractivity contribution in [2.75, 3.05) is 40.1 Å². The lowest BCUT2D eigenvalue weighted by molar-refractivity contribution is -0.421. The number of carbonyl (C=O) groups is 4. The minimum Gasteiger partial charge on any atom is -0.504 e. The maximum atomic E-state index is 14.0. The summed E-state index contributed by atoms with van der Waals surface area (Å²) in [5, 5.41) is 140. The number of hydrogen-bond acceptors (Lipinski definition) is 29. The van der Waals surface area contributed by atoms with E-state index in [0.717, 1.165) is 37.3 Å². The number of hydrogen-bond donors (Lipinski definition) is 13. The molecule has 4 heterocycles. The predicted molar refractivity (Wildman–Crippen MR) is 263 cm³/mol. The van der Waals surface area contributed by atoms with Crippen molar-refractivity contribution >= 4 is 36.0 Å². The van der Waals surface area contributed by atoms with E-state index in [9.17, 15) is 85.6 Å². The normalized spacial score (nSPS) is 34.2. The fourth-order valence-electron chi connectivity index (χ4n) is 8.93. The third-order valence-corrected chi connectivity index (χ3v) is 13.2. The number of methoxy groups -OCH3 is 1. The van der Waals surface area contributed by atoms with Gasteiger partial charge in [0.1, 0.15) is 92.6 Å². The molecule has 81 heavy (non-hydrogen) atoms. The number of esters is 4. The van der Waals surface area contributed by atoms with Gasteiger partial charge >= 0.3 is 23.9 Å². The summed E-state index contributed by atoms with van der Waals surface area (Å²) in [7, 11) is 1.27. The molecule has 3 aromatic carbocycles. The molecular weight excluding hydrogens is 1090 g/mol. The number of aromatic hydroxyl groups is 3. The first-order valence-corrected chi connectivity index (χ1v) is 24.9. The zero-order chi connectivity index (χ0) is 58.9. The first kappa shape index (κ1) is 62.1. The van der Waals surface area contributed by atoms with Crippen LogP contribution in [0.2, 0.25) is 0 Å². The van der Waals surface area contributed by atoms with Gasteiger partial charge in [-0.3, -0.25) is 4.79 Å². The molecule has 0 saturated carbocycles. The summed E-state index contributed by atoms with van der Waals surface area (Å²) in [5.41, 5.74) is 0.307. The van der Waals surface area contributed by atoms with E-state index in [1.807, 2.05) is 0 Å². The topological polar surface area (TPSA) is 442 Å². The van der Waals surface area contributed by atoms with Crippen molar-refractivity contribution in [3.63, 3.8) is 0 Å². The Morgan fingerprint density at radius 2 is 1.14 bits per heavy atom. The highest BCUT2D eigenvalue weighted by molar-refractivity contribution is 5.90. The van der Waals surface area contributed by atoms with E-state index in [-0.39, 0.29) is 28.2 Å². The first-order chi connectivity index (χ1) is 38.6. The van der Waals surface area contributed by atoms with Crippen LogP contribution >= 0.6 is 0 Å². The average molecular weight is 1150 g/mol. The first-order valence-electron chi connectivity index (χ1n) is 24.9. The Morgan fingerprint density at radius 3 is 1.74 bits per heavy atom. The highest BCUT2D eigenvalue weighted by Gasteiger charge is 2.64. The van der Waals surface area contributed by atoms with Crippen molar-refractivity contribution in [1.29, 1.82) is 0 Å². The summed E-state index contributed by atoms with van der Waals surface area (Å²) in [6, 6.07) is 14.6. The van der Waals surface area contributed by atoms with Gasteiger partial charge in [-0.15, -0.1) is 0 Å². The number of ether oxygens (including phenoxy) is 12. The molecule has 13 N–H and O–H groups in total. The lowest BCUT2D eigenvalue weighted by Crippen LogP contribution is -2.69. The summed E-state index contributed by atoms with van der Waals surface area (Å²) in [5.74, 6) is -8.74. The third-order valence-electron chi connectivity index (χ3n) is 13.2. The second kappa shape index (κ2) is 27.5. The van der Waals surface area contributed by atoms with E-state index in [0.29, 0.717) is 0 Å². The van der Waals surface area contributed by atoms with Crippen molar-refractivity contribution in [1.82, 2.24) is 0 Å². The Labute approximate surface area is 459 Å². The minimum atomic E-state index is -2.93. The smallest absolute Gasteiger partial charge is 0.338 e. The molecule has 19 atom stereocenters. The number of carbonyl (C=O) groups excluding carboxylic acids is 4. The third kappa shape index (κ3) is 14.6. The van der Waals surface area contributed by atoms with Crippen LogP contribution in [0.4, 0.5) is 0 Å². The predicted octanol–water partition coefficient (Wildman–Crippen LogP) is -3.66. The number of rotatable bonds is 21. The van der Waals surface area contributed by atoms with Gasteiger partial charge in [0.15, 0.2) is 54.1 Å². The van der Waals surface area contributed by atoms with Gasteiger partial charge in [-0.2, -0.15) is 0 Å². The van der Waals surface area contributed by atoms with Crippen molar-refractivity contribution in [3.8, 4) is 23.0 Å². The van der Waals surface area contributed by atoms with Crippen LogP contribution in [0.25, 0.3) is 12.2 Å². The van der Waals surface area contributed by atoms with Crippen LogP contribution in [0.15, 0.2) is 78.9 Å². The molecule has 7 rings (SSSR count). The molecule has 4 fully saturated rings. The number of aliphatic hydroxyl groups excluding tert-OH is 10. The Morgan fingerprint density at radius 1 is 0.568 bits per heavy atom. The summed E-state index contributed by atoms with van der Waals surface area (Å²) in [4.78, 5) is 53.3. The molecule has 0 amide bonds. The maximum Gasteiger partial charge on any atom is 0.338 e. The van der Waals surface area contributed by atoms with Gasteiger partial charge in [0.25, 0.3) is 0 Å². The quantitative estimate of drug-likeness (QED) is 0.0212. The van der Waals surface area contributed by atoms with Gasteiger partial charge in [-0.25, -0.2) is 14.4 Å². The lowest BCUT2D eigenvalue weighted by Gasteiger charge is -2.50. The standard InChI is InChI=1S/C52H62O29/c1-23(56)71-21-34-38(63)41(66)43(68)50(75-34)77-45-44(76-36(61)15-11-25-9-13-28(58)30(17-25)70-2)33(20-55)74-51(46(45)78-49-42(67)40(65)37(62)31(18-53)73-49)81-52(22-72-35(60)14-10-24-8-12-27(57)29(59)16-24)47(39(64)32(19-54)80-52)79-48(69)26-6-4-3-5-7-26/h3-17,31-34,37-47,49-51,53-55,57-59,62-68H,18-22H2,1-2H3/b14-10+,15-11+/t31-,32-,33-,34-,37-,38-,39-,40+,41+,42-,43-,44-,45+,46-,47+,49+,50+,51-,52+/m1/s1. The molecule has 0 bridgehead atoms. The molecule has 3 aromatic rings. The summed E-state index contributed by atoms with van der Waals surface area (Å²) < 4.78 is 70.3. The molecule has 29 nitrogen and oxygen atoms in total. The monoisotopic (exact) mass is 1150 g/mol. The second-order valence-corrected chi connectivity index (χ2v) is 18.7. The molecule has 4 aliphatic heterocycles. The fourth-order valence-corrected chi connectivity index (χ4v) is 8.93. The molecule has 0 aromatic heterocycles. The van der Waals surface area contributed by atoms with Gasteiger partial charge in [-0.1, -0.05) is 30.3 Å². The van der Waals surface area contributed by atoms with Crippen LogP contribution in [0, 0.1) is 0 Å². The van der Waals surface area contributed by atoms with Crippen LogP contribution in [-0.2, 0) is 66.5 Å². The molecule has 0 radical (unpaired) electrons. The van der Waals surface area contributed by atoms with E-state index < -0.39 is 185 Å². The number of phenolic OH excluding ortho intramolecular Hbond substituents is 3. The Hall–Kier alpha value is -6.46. The highest BCUT2D eigenvalue weighted by Crippen LogP contribution is 2.42. The average Bonchev–Trinajstić information content (AvgIpc) is 3.99. The molecule has 4 saturated heterocycles. The van der Waals surface area contributed by atoms with Crippen molar-refractivity contribution in [3.05, 3.63) is 95.6 Å². The van der Waals surface area contributed by atoms with Crippen LogP contribution < -0.4 is 4.74 Å². The Kier molecular flexibility index (Phi) is 21.1. The summed E-state index contributed by atoms with van der Waals surface area (Å²) >= 11 is 0. The summed E-state index contributed by atoms with van der Waals surface area (Å²) in [6.45, 7) is -4.29. The van der Waals surface area contributed by atoms with Gasteiger partial charge in [0.2, 0.25) is 5.79 Å². The molecule has 0 aliphatic carbocycles. The van der Waals surface area contributed by atoms with E-state index in [1.165, 1.54) is 61.7 Å². The van der Waals surface area contributed by atoms with E-state index >= 15 is 0 Å². The van der Waals surface area contributed by atoms with Gasteiger partial charge in [0, 0.05) is 19.1 Å². The molecule has 0 spiro atoms. The number of benzene rings is 3. The van der Waals surface area contributed by atoms with Crippen molar-refractivity contribution in [2.45, 2.75) is 123 Å². The van der Waals surface area contributed by atoms with Crippen LogP contribution in [-0.4, -0.2) is 247 Å². The van der Waals surface area contributed by atoms with Crippen molar-refractivity contribution in [2.24, 2.45) is 0 Å². The van der Waals surface area contributed by atoms with Gasteiger partial charge in [0.05, 0.1) is 32.5 Å².